The molecule has 1 aromatic carbocycles. The number of carbonyl (C=O) groups excluding carboxylic acids is 1. The van der Waals surface area contributed by atoms with E-state index < -0.39 is 0 Å². The summed E-state index contributed by atoms with van der Waals surface area (Å²) in [6.45, 7) is 4.98. The second-order valence-corrected chi connectivity index (χ2v) is 9.15. The highest BCUT2D eigenvalue weighted by molar-refractivity contribution is 5.78. The van der Waals surface area contributed by atoms with Crippen LogP contribution in [0.1, 0.15) is 58.8 Å². The van der Waals surface area contributed by atoms with E-state index in [0.717, 1.165) is 24.2 Å². The minimum Gasteiger partial charge on any atom is -0.490 e. The van der Waals surface area contributed by atoms with Crippen LogP contribution in [0.25, 0.3) is 0 Å². The standard InChI is InChI=1S/C23H33NO3/c1-3-8-26-20-6-4-5-7-21(20)27-15-22(25)24-16(2)23-12-17-9-18(13-23)11-19(10-17)14-23/h4-7,16-19H,3,8-15H2,1-2H3,(H,24,25)/t16-,17?,18?,19?,23?/m0/s1. The van der Waals surface area contributed by atoms with E-state index in [9.17, 15) is 4.79 Å². The monoisotopic (exact) mass is 371 g/mol. The molecule has 4 heteroatoms. The fourth-order valence-electron chi connectivity index (χ4n) is 6.19. The molecule has 148 valence electrons. The van der Waals surface area contributed by atoms with Gasteiger partial charge in [0.1, 0.15) is 0 Å². The van der Waals surface area contributed by atoms with Gasteiger partial charge in [-0.05, 0) is 87.2 Å². The molecule has 27 heavy (non-hydrogen) atoms. The second-order valence-electron chi connectivity index (χ2n) is 9.15. The summed E-state index contributed by atoms with van der Waals surface area (Å²) in [7, 11) is 0. The van der Waals surface area contributed by atoms with Gasteiger partial charge in [0, 0.05) is 6.04 Å². The first kappa shape index (κ1) is 18.6. The number of hydrogen-bond donors (Lipinski definition) is 1. The summed E-state index contributed by atoms with van der Waals surface area (Å²) in [6, 6.07) is 7.81. The van der Waals surface area contributed by atoms with E-state index >= 15 is 0 Å². The average molecular weight is 372 g/mol. The Morgan fingerprint density at radius 3 is 2.19 bits per heavy atom. The highest BCUT2D eigenvalue weighted by atomic mass is 16.5. The Kier molecular flexibility index (Phi) is 5.34. The van der Waals surface area contributed by atoms with Gasteiger partial charge >= 0.3 is 0 Å². The van der Waals surface area contributed by atoms with Crippen LogP contribution in [0.2, 0.25) is 0 Å². The molecule has 4 fully saturated rings. The fraction of sp³-hybridized carbons (Fsp3) is 0.696. The number of benzene rings is 1. The first-order valence-electron chi connectivity index (χ1n) is 10.7. The van der Waals surface area contributed by atoms with Crippen LogP contribution in [0, 0.1) is 23.2 Å². The molecular formula is C23H33NO3. The molecule has 1 atom stereocenters. The molecule has 4 saturated carbocycles. The molecule has 4 aliphatic rings. The molecule has 5 rings (SSSR count). The smallest absolute Gasteiger partial charge is 0.258 e. The third-order valence-corrected chi connectivity index (χ3v) is 7.05. The molecule has 4 aliphatic carbocycles. The van der Waals surface area contributed by atoms with Crippen molar-refractivity contribution in [2.24, 2.45) is 23.2 Å². The maximum atomic E-state index is 12.6. The molecular weight excluding hydrogens is 338 g/mol. The summed E-state index contributed by atoms with van der Waals surface area (Å²) in [5.74, 6) is 4.02. The van der Waals surface area contributed by atoms with Crippen molar-refractivity contribution < 1.29 is 14.3 Å². The predicted octanol–water partition coefficient (Wildman–Crippen LogP) is 4.58. The van der Waals surface area contributed by atoms with Crippen molar-refractivity contribution in [1.29, 1.82) is 0 Å². The predicted molar refractivity (Wildman–Crippen MR) is 106 cm³/mol. The van der Waals surface area contributed by atoms with Crippen molar-refractivity contribution in [3.05, 3.63) is 24.3 Å². The van der Waals surface area contributed by atoms with Gasteiger partial charge in [0.2, 0.25) is 0 Å². The van der Waals surface area contributed by atoms with Crippen molar-refractivity contribution in [2.75, 3.05) is 13.2 Å². The molecule has 0 radical (unpaired) electrons. The molecule has 0 unspecified atom stereocenters. The number of para-hydroxylation sites is 2. The Morgan fingerprint density at radius 2 is 1.63 bits per heavy atom. The van der Waals surface area contributed by atoms with Crippen molar-refractivity contribution in [3.8, 4) is 11.5 Å². The average Bonchev–Trinajstić information content (AvgIpc) is 2.64. The summed E-state index contributed by atoms with van der Waals surface area (Å²) in [5, 5.41) is 3.27. The van der Waals surface area contributed by atoms with Gasteiger partial charge in [0.15, 0.2) is 18.1 Å². The van der Waals surface area contributed by atoms with E-state index in [0.29, 0.717) is 23.5 Å². The van der Waals surface area contributed by atoms with Crippen LogP contribution in [0.3, 0.4) is 0 Å². The molecule has 4 nitrogen and oxygen atoms in total. The zero-order valence-corrected chi connectivity index (χ0v) is 16.7. The molecule has 0 saturated heterocycles. The molecule has 0 aliphatic heterocycles. The number of carbonyl (C=O) groups is 1. The number of nitrogens with one attached hydrogen (secondary N) is 1. The Balaban J connectivity index is 1.32. The molecule has 0 heterocycles. The molecule has 4 bridgehead atoms. The van der Waals surface area contributed by atoms with Crippen LogP contribution in [-0.4, -0.2) is 25.2 Å². The molecule has 1 aromatic rings. The Morgan fingerprint density at radius 1 is 1.07 bits per heavy atom. The van der Waals surface area contributed by atoms with Gasteiger partial charge in [-0.3, -0.25) is 4.79 Å². The van der Waals surface area contributed by atoms with Crippen molar-refractivity contribution in [3.63, 3.8) is 0 Å². The minimum atomic E-state index is -0.0245. The normalized spacial score (nSPS) is 32.1. The lowest BCUT2D eigenvalue weighted by Gasteiger charge is -2.59. The van der Waals surface area contributed by atoms with Crippen LogP contribution in [0.4, 0.5) is 0 Å². The zero-order chi connectivity index (χ0) is 18.9. The Bertz CT molecular complexity index is 636. The number of amides is 1. The van der Waals surface area contributed by atoms with E-state index in [4.69, 9.17) is 9.47 Å². The minimum absolute atomic E-state index is 0.0245. The first-order valence-corrected chi connectivity index (χ1v) is 10.7. The van der Waals surface area contributed by atoms with E-state index in [1.54, 1.807) is 0 Å². The number of hydrogen-bond acceptors (Lipinski definition) is 3. The van der Waals surface area contributed by atoms with Crippen LogP contribution < -0.4 is 14.8 Å². The van der Waals surface area contributed by atoms with Gasteiger partial charge in [0.25, 0.3) is 5.91 Å². The van der Waals surface area contributed by atoms with Crippen LogP contribution in [-0.2, 0) is 4.79 Å². The zero-order valence-electron chi connectivity index (χ0n) is 16.7. The number of ether oxygens (including phenoxy) is 2. The third kappa shape index (κ3) is 3.95. The van der Waals surface area contributed by atoms with Crippen LogP contribution in [0.15, 0.2) is 24.3 Å². The molecule has 1 N–H and O–H groups in total. The lowest BCUT2D eigenvalue weighted by molar-refractivity contribution is -0.127. The third-order valence-electron chi connectivity index (χ3n) is 7.05. The fourth-order valence-corrected chi connectivity index (χ4v) is 6.19. The van der Waals surface area contributed by atoms with Gasteiger partial charge in [0.05, 0.1) is 6.61 Å². The summed E-state index contributed by atoms with van der Waals surface area (Å²) in [5.41, 5.74) is 0.326. The summed E-state index contributed by atoms with van der Waals surface area (Å²) >= 11 is 0. The van der Waals surface area contributed by atoms with E-state index in [1.165, 1.54) is 38.5 Å². The van der Waals surface area contributed by atoms with Gasteiger partial charge in [-0.2, -0.15) is 0 Å². The summed E-state index contributed by atoms with van der Waals surface area (Å²) in [6.07, 6.45) is 9.13. The lowest BCUT2D eigenvalue weighted by atomic mass is 9.48. The summed E-state index contributed by atoms with van der Waals surface area (Å²) < 4.78 is 11.5. The summed E-state index contributed by atoms with van der Waals surface area (Å²) in [4.78, 5) is 12.6. The molecule has 0 aromatic heterocycles. The van der Waals surface area contributed by atoms with Gasteiger partial charge in [-0.1, -0.05) is 19.1 Å². The van der Waals surface area contributed by atoms with Crippen molar-refractivity contribution in [2.45, 2.75) is 64.8 Å². The van der Waals surface area contributed by atoms with Gasteiger partial charge < -0.3 is 14.8 Å². The maximum absolute atomic E-state index is 12.6. The first-order chi connectivity index (χ1) is 13.1. The van der Waals surface area contributed by atoms with Crippen LogP contribution in [0.5, 0.6) is 11.5 Å². The van der Waals surface area contributed by atoms with Crippen molar-refractivity contribution >= 4 is 5.91 Å². The maximum Gasteiger partial charge on any atom is 0.258 e. The highest BCUT2D eigenvalue weighted by Crippen LogP contribution is 2.61. The Hall–Kier alpha value is -1.71. The molecule has 1 amide bonds. The van der Waals surface area contributed by atoms with Crippen LogP contribution >= 0.6 is 0 Å². The van der Waals surface area contributed by atoms with E-state index in [2.05, 4.69) is 19.2 Å². The van der Waals surface area contributed by atoms with E-state index in [1.807, 2.05) is 24.3 Å². The topological polar surface area (TPSA) is 47.6 Å². The van der Waals surface area contributed by atoms with Gasteiger partial charge in [-0.15, -0.1) is 0 Å². The second kappa shape index (κ2) is 7.73. The molecule has 0 spiro atoms. The lowest BCUT2D eigenvalue weighted by Crippen LogP contribution is -2.56. The SMILES string of the molecule is CCCOc1ccccc1OCC(=O)N[C@@H](C)C12CC3CC(CC(C3)C1)C2. The number of rotatable bonds is 8. The Labute approximate surface area is 163 Å². The largest absolute Gasteiger partial charge is 0.490 e. The van der Waals surface area contributed by atoms with Crippen molar-refractivity contribution in [1.82, 2.24) is 5.32 Å². The van der Waals surface area contributed by atoms with Gasteiger partial charge in [-0.25, -0.2) is 0 Å². The quantitative estimate of drug-likeness (QED) is 0.728. The highest BCUT2D eigenvalue weighted by Gasteiger charge is 2.53. The van der Waals surface area contributed by atoms with E-state index in [-0.39, 0.29) is 18.6 Å².